The van der Waals surface area contributed by atoms with Gasteiger partial charge in [0.2, 0.25) is 10.0 Å². The number of rotatable bonds is 6. The molecule has 1 atom stereocenters. The normalized spacial score (nSPS) is 13.6. The maximum atomic E-state index is 11.9. The molecule has 0 amide bonds. The van der Waals surface area contributed by atoms with E-state index in [4.69, 9.17) is 0 Å². The van der Waals surface area contributed by atoms with Gasteiger partial charge in [-0.05, 0) is 31.0 Å². The number of aryl methyl sites for hydroxylation is 1. The van der Waals surface area contributed by atoms with Gasteiger partial charge in [0.1, 0.15) is 0 Å². The van der Waals surface area contributed by atoms with Gasteiger partial charge in [0.05, 0.1) is 4.90 Å². The first kappa shape index (κ1) is 14.7. The van der Waals surface area contributed by atoms with Gasteiger partial charge in [0.25, 0.3) is 0 Å². The highest BCUT2D eigenvalue weighted by Gasteiger charge is 2.16. The topological polar surface area (TPSA) is 46.2 Å². The van der Waals surface area contributed by atoms with Crippen LogP contribution in [0.25, 0.3) is 0 Å². The van der Waals surface area contributed by atoms with Crippen molar-refractivity contribution in [3.63, 3.8) is 0 Å². The molecule has 0 aromatic heterocycles. The number of hydrogen-bond acceptors (Lipinski definition) is 2. The summed E-state index contributed by atoms with van der Waals surface area (Å²) < 4.78 is 26.5. The summed E-state index contributed by atoms with van der Waals surface area (Å²) >= 11 is 3.25. The highest BCUT2D eigenvalue weighted by atomic mass is 79.9. The number of hydrogen-bond donors (Lipinski definition) is 1. The van der Waals surface area contributed by atoms with E-state index in [0.717, 1.165) is 12.8 Å². The molecule has 0 saturated carbocycles. The van der Waals surface area contributed by atoms with Crippen LogP contribution in [0.5, 0.6) is 0 Å². The molecule has 3 nitrogen and oxygen atoms in total. The fraction of sp³-hybridized carbons (Fsp3) is 0.500. The molecule has 1 aromatic carbocycles. The number of alkyl halides is 1. The van der Waals surface area contributed by atoms with E-state index in [1.165, 1.54) is 5.56 Å². The van der Waals surface area contributed by atoms with E-state index in [-0.39, 0.29) is 6.04 Å². The summed E-state index contributed by atoms with van der Waals surface area (Å²) in [4.78, 5) is 0.324. The predicted molar refractivity (Wildman–Crippen MR) is 74.0 cm³/mol. The van der Waals surface area contributed by atoms with Crippen molar-refractivity contribution in [3.8, 4) is 0 Å². The van der Waals surface area contributed by atoms with Crippen LogP contribution in [-0.2, 0) is 16.4 Å². The van der Waals surface area contributed by atoms with Crippen LogP contribution < -0.4 is 4.72 Å². The van der Waals surface area contributed by atoms with Gasteiger partial charge >= 0.3 is 0 Å². The monoisotopic (exact) mass is 319 g/mol. The molecule has 1 N–H and O–H groups in total. The lowest BCUT2D eigenvalue weighted by Crippen LogP contribution is -2.33. The van der Waals surface area contributed by atoms with Crippen LogP contribution in [0, 0.1) is 0 Å². The molecule has 1 aromatic rings. The Morgan fingerprint density at radius 3 is 2.35 bits per heavy atom. The molecule has 1 unspecified atom stereocenters. The predicted octanol–water partition coefficient (Wildman–Crippen LogP) is 2.70. The van der Waals surface area contributed by atoms with E-state index in [9.17, 15) is 8.42 Å². The summed E-state index contributed by atoms with van der Waals surface area (Å²) in [6.07, 6.45) is 2.04. The molecular formula is C12H18BrNO2S. The number of benzene rings is 1. The quantitative estimate of drug-likeness (QED) is 0.819. The van der Waals surface area contributed by atoms with E-state index in [2.05, 4.69) is 27.6 Å². The Balaban J connectivity index is 2.85. The molecule has 0 bridgehead atoms. The van der Waals surface area contributed by atoms with Crippen molar-refractivity contribution in [2.45, 2.75) is 37.6 Å². The summed E-state index contributed by atoms with van der Waals surface area (Å²) in [5, 5.41) is 0.597. The summed E-state index contributed by atoms with van der Waals surface area (Å²) in [5.74, 6) is 0. The molecule has 1 rings (SSSR count). The van der Waals surface area contributed by atoms with Crippen molar-refractivity contribution in [2.24, 2.45) is 0 Å². The molecular weight excluding hydrogens is 302 g/mol. The lowest BCUT2D eigenvalue weighted by molar-refractivity contribution is 0.571. The van der Waals surface area contributed by atoms with Crippen LogP contribution in [0.2, 0.25) is 0 Å². The van der Waals surface area contributed by atoms with Gasteiger partial charge in [0, 0.05) is 11.4 Å². The Morgan fingerprint density at radius 2 is 1.88 bits per heavy atom. The maximum Gasteiger partial charge on any atom is 0.240 e. The van der Waals surface area contributed by atoms with E-state index in [0.29, 0.717) is 10.2 Å². The first-order valence-electron chi connectivity index (χ1n) is 5.67. The van der Waals surface area contributed by atoms with Crippen molar-refractivity contribution >= 4 is 26.0 Å². The van der Waals surface area contributed by atoms with Gasteiger partial charge < -0.3 is 0 Å². The largest absolute Gasteiger partial charge is 0.240 e. The number of nitrogens with one attached hydrogen (secondary N) is 1. The van der Waals surface area contributed by atoms with Crippen LogP contribution in [-0.4, -0.2) is 19.8 Å². The van der Waals surface area contributed by atoms with Gasteiger partial charge in [-0.3, -0.25) is 0 Å². The van der Waals surface area contributed by atoms with Crippen molar-refractivity contribution < 1.29 is 8.42 Å². The highest BCUT2D eigenvalue weighted by molar-refractivity contribution is 9.09. The van der Waals surface area contributed by atoms with Crippen LogP contribution >= 0.6 is 15.9 Å². The molecule has 0 aliphatic heterocycles. The van der Waals surface area contributed by atoms with Crippen molar-refractivity contribution in [2.75, 3.05) is 5.33 Å². The molecule has 0 fully saturated rings. The van der Waals surface area contributed by atoms with Crippen LogP contribution in [0.15, 0.2) is 29.2 Å². The lowest BCUT2D eigenvalue weighted by atomic mass is 10.1. The van der Waals surface area contributed by atoms with E-state index in [1.54, 1.807) is 12.1 Å². The second-order valence-electron chi connectivity index (χ2n) is 4.07. The van der Waals surface area contributed by atoms with E-state index in [1.807, 2.05) is 19.1 Å². The zero-order valence-electron chi connectivity index (χ0n) is 10.1. The fourth-order valence-electron chi connectivity index (χ4n) is 1.49. The molecule has 0 spiro atoms. The van der Waals surface area contributed by atoms with Crippen LogP contribution in [0.4, 0.5) is 0 Å². The summed E-state index contributed by atoms with van der Waals surface area (Å²) in [6, 6.07) is 6.95. The first-order chi connectivity index (χ1) is 7.99. The molecule has 17 heavy (non-hydrogen) atoms. The average molecular weight is 320 g/mol. The number of halogens is 1. The van der Waals surface area contributed by atoms with Gasteiger partial charge in [-0.1, -0.05) is 41.4 Å². The minimum Gasteiger partial charge on any atom is -0.208 e. The summed E-state index contributed by atoms with van der Waals surface area (Å²) in [5.41, 5.74) is 1.17. The fourth-order valence-corrected chi connectivity index (χ4v) is 3.11. The molecule has 0 aliphatic rings. The van der Waals surface area contributed by atoms with Crippen molar-refractivity contribution in [1.29, 1.82) is 0 Å². The molecule has 0 saturated heterocycles. The zero-order valence-corrected chi connectivity index (χ0v) is 12.5. The Hall–Kier alpha value is -0.390. The minimum absolute atomic E-state index is 0.115. The van der Waals surface area contributed by atoms with Gasteiger partial charge in [-0.15, -0.1) is 0 Å². The molecule has 0 heterocycles. The average Bonchev–Trinajstić information content (AvgIpc) is 2.29. The van der Waals surface area contributed by atoms with Crippen molar-refractivity contribution in [3.05, 3.63) is 29.8 Å². The first-order valence-corrected chi connectivity index (χ1v) is 8.27. The van der Waals surface area contributed by atoms with Gasteiger partial charge in [-0.25, -0.2) is 13.1 Å². The maximum absolute atomic E-state index is 11.9. The Labute approximate surface area is 112 Å². The van der Waals surface area contributed by atoms with Crippen LogP contribution in [0.1, 0.15) is 25.8 Å². The molecule has 0 aliphatic carbocycles. The Kier molecular flexibility index (Phi) is 5.62. The third-order valence-electron chi connectivity index (χ3n) is 2.36. The van der Waals surface area contributed by atoms with Gasteiger partial charge in [0.15, 0.2) is 0 Å². The second-order valence-corrected chi connectivity index (χ2v) is 6.43. The molecule has 5 heteroatoms. The standard InChI is InChI=1S/C12H18BrNO2S/c1-3-4-11-5-7-12(8-6-11)17(15,16)14-10(2)9-13/h5-8,10,14H,3-4,9H2,1-2H3. The zero-order chi connectivity index (χ0) is 12.9. The van der Waals surface area contributed by atoms with Gasteiger partial charge in [-0.2, -0.15) is 0 Å². The Morgan fingerprint density at radius 1 is 1.29 bits per heavy atom. The number of sulfonamides is 1. The summed E-state index contributed by atoms with van der Waals surface area (Å²) in [6.45, 7) is 3.92. The smallest absolute Gasteiger partial charge is 0.208 e. The van der Waals surface area contributed by atoms with Crippen LogP contribution in [0.3, 0.4) is 0 Å². The highest BCUT2D eigenvalue weighted by Crippen LogP contribution is 2.12. The third-order valence-corrected chi connectivity index (χ3v) is 4.94. The summed E-state index contributed by atoms with van der Waals surface area (Å²) in [7, 11) is -3.38. The van der Waals surface area contributed by atoms with E-state index >= 15 is 0 Å². The van der Waals surface area contributed by atoms with Crippen molar-refractivity contribution in [1.82, 2.24) is 4.72 Å². The van der Waals surface area contributed by atoms with E-state index < -0.39 is 10.0 Å². The third kappa shape index (κ3) is 4.41. The second kappa shape index (κ2) is 6.52. The minimum atomic E-state index is -3.38. The Bertz CT molecular complexity index is 442. The molecule has 96 valence electrons. The molecule has 0 radical (unpaired) electrons. The lowest BCUT2D eigenvalue weighted by Gasteiger charge is -2.11. The SMILES string of the molecule is CCCc1ccc(S(=O)(=O)NC(C)CBr)cc1.